The topological polar surface area (TPSA) is 70.4 Å². The third-order valence-corrected chi connectivity index (χ3v) is 5.66. The van der Waals surface area contributed by atoms with E-state index in [0.29, 0.717) is 18.6 Å². The molecule has 0 spiro atoms. The molecule has 0 amide bonds. The molecular formula is C20H35N7S. The van der Waals surface area contributed by atoms with Crippen LogP contribution >= 0.6 is 11.3 Å². The number of aryl methyl sites for hydroxylation is 1. The summed E-state index contributed by atoms with van der Waals surface area (Å²) in [7, 11) is 1.97. The zero-order valence-corrected chi connectivity index (χ0v) is 18.9. The van der Waals surface area contributed by atoms with E-state index in [1.54, 1.807) is 11.3 Å². The summed E-state index contributed by atoms with van der Waals surface area (Å²) in [6, 6.07) is 5.32. The molecule has 156 valence electrons. The third-order valence-electron chi connectivity index (χ3n) is 4.78. The van der Waals surface area contributed by atoms with Crippen LogP contribution in [0, 0.1) is 6.92 Å². The molecule has 0 aliphatic rings. The number of nitrogens with zero attached hydrogens (tertiary/aromatic N) is 5. The van der Waals surface area contributed by atoms with Crippen molar-refractivity contribution in [3.05, 3.63) is 34.0 Å². The van der Waals surface area contributed by atoms with E-state index in [1.165, 1.54) is 4.88 Å². The van der Waals surface area contributed by atoms with Crippen LogP contribution < -0.4 is 10.6 Å². The summed E-state index contributed by atoms with van der Waals surface area (Å²) >= 11 is 1.75. The van der Waals surface area contributed by atoms with E-state index in [1.807, 2.05) is 18.5 Å². The Kier molecular flexibility index (Phi) is 8.92. The molecule has 0 bridgehead atoms. The second-order valence-electron chi connectivity index (χ2n) is 7.53. The summed E-state index contributed by atoms with van der Waals surface area (Å²) < 4.78 is 1.98. The van der Waals surface area contributed by atoms with Gasteiger partial charge in [0.25, 0.3) is 0 Å². The van der Waals surface area contributed by atoms with Crippen LogP contribution in [0.3, 0.4) is 0 Å². The lowest BCUT2D eigenvalue weighted by atomic mass is 10.2. The Balaban J connectivity index is 1.91. The quantitative estimate of drug-likeness (QED) is 0.361. The number of guanidine groups is 1. The summed E-state index contributed by atoms with van der Waals surface area (Å²) in [4.78, 5) is 8.52. The van der Waals surface area contributed by atoms with Gasteiger partial charge in [0.1, 0.15) is 12.4 Å². The van der Waals surface area contributed by atoms with Crippen molar-refractivity contribution in [3.8, 4) is 0 Å². The van der Waals surface area contributed by atoms with Gasteiger partial charge >= 0.3 is 0 Å². The first kappa shape index (κ1) is 22.4. The molecule has 2 aromatic rings. The van der Waals surface area contributed by atoms with Gasteiger partial charge in [-0.1, -0.05) is 6.07 Å². The molecule has 0 aliphatic heterocycles. The summed E-state index contributed by atoms with van der Waals surface area (Å²) in [5, 5.41) is 17.3. The number of rotatable bonds is 10. The van der Waals surface area contributed by atoms with Crippen molar-refractivity contribution >= 4 is 17.3 Å². The molecule has 0 atom stereocenters. The number of hydrogen-bond acceptors (Lipinski definition) is 5. The smallest absolute Gasteiger partial charge is 0.192 e. The van der Waals surface area contributed by atoms with Gasteiger partial charge in [-0.25, -0.2) is 4.99 Å². The zero-order valence-electron chi connectivity index (χ0n) is 18.1. The van der Waals surface area contributed by atoms with E-state index in [0.717, 1.165) is 43.7 Å². The summed E-state index contributed by atoms with van der Waals surface area (Å²) in [5.41, 5.74) is 0. The predicted octanol–water partition coefficient (Wildman–Crippen LogP) is 2.93. The predicted molar refractivity (Wildman–Crippen MR) is 118 cm³/mol. The average molecular weight is 406 g/mol. The number of aliphatic imine (C=N–C) groups is 1. The molecular weight excluding hydrogens is 370 g/mol. The molecule has 0 aromatic carbocycles. The van der Waals surface area contributed by atoms with Crippen LogP contribution in [-0.2, 0) is 20.1 Å². The van der Waals surface area contributed by atoms with Crippen molar-refractivity contribution in [1.82, 2.24) is 30.3 Å². The van der Waals surface area contributed by atoms with Crippen LogP contribution in [0.15, 0.2) is 22.5 Å². The molecule has 7 nitrogen and oxygen atoms in total. The second-order valence-corrected chi connectivity index (χ2v) is 8.56. The Morgan fingerprint density at radius 1 is 1.21 bits per heavy atom. The molecule has 0 radical (unpaired) electrons. The lowest BCUT2D eigenvalue weighted by molar-refractivity contribution is 0.173. The number of nitrogens with one attached hydrogen (secondary N) is 2. The van der Waals surface area contributed by atoms with E-state index in [4.69, 9.17) is 4.99 Å². The highest BCUT2D eigenvalue weighted by molar-refractivity contribution is 7.09. The standard InChI is InChI=1S/C20H35N7S/c1-15(2)27(16(3)4)11-8-10-21-20(22-13-18-9-7-12-28-18)23-14-19-25-24-17(5)26(19)6/h7,9,12,15-16H,8,10-11,13-14H2,1-6H3,(H2,21,22,23). The highest BCUT2D eigenvalue weighted by Gasteiger charge is 2.12. The van der Waals surface area contributed by atoms with Crippen molar-refractivity contribution in [3.63, 3.8) is 0 Å². The van der Waals surface area contributed by atoms with Gasteiger partial charge in [-0.2, -0.15) is 0 Å². The Morgan fingerprint density at radius 3 is 2.54 bits per heavy atom. The summed E-state index contributed by atoms with van der Waals surface area (Å²) in [5.74, 6) is 2.57. The van der Waals surface area contributed by atoms with Crippen LogP contribution in [0.2, 0.25) is 0 Å². The summed E-state index contributed by atoms with van der Waals surface area (Å²) in [6.45, 7) is 14.2. The second kappa shape index (κ2) is 11.2. The molecule has 2 rings (SSSR count). The third kappa shape index (κ3) is 6.91. The monoisotopic (exact) mass is 405 g/mol. The molecule has 0 saturated heterocycles. The Bertz CT molecular complexity index is 711. The van der Waals surface area contributed by atoms with Gasteiger partial charge in [0.15, 0.2) is 11.8 Å². The molecule has 0 saturated carbocycles. The van der Waals surface area contributed by atoms with Gasteiger partial charge < -0.3 is 15.2 Å². The number of thiophene rings is 1. The Labute approximate surface area is 173 Å². The lowest BCUT2D eigenvalue weighted by Crippen LogP contribution is -2.41. The van der Waals surface area contributed by atoms with Crippen LogP contribution in [0.4, 0.5) is 0 Å². The molecule has 0 aliphatic carbocycles. The van der Waals surface area contributed by atoms with Crippen molar-refractivity contribution < 1.29 is 0 Å². The van der Waals surface area contributed by atoms with E-state index in [-0.39, 0.29) is 0 Å². The van der Waals surface area contributed by atoms with Crippen molar-refractivity contribution in [1.29, 1.82) is 0 Å². The Hall–Kier alpha value is -1.93. The van der Waals surface area contributed by atoms with Gasteiger partial charge in [-0.3, -0.25) is 4.90 Å². The highest BCUT2D eigenvalue weighted by atomic mass is 32.1. The number of hydrogen-bond donors (Lipinski definition) is 2. The van der Waals surface area contributed by atoms with Gasteiger partial charge in [-0.05, 0) is 52.5 Å². The molecule has 0 unspecified atom stereocenters. The van der Waals surface area contributed by atoms with Crippen molar-refractivity contribution in [2.24, 2.45) is 12.0 Å². The first-order valence-corrected chi connectivity index (χ1v) is 10.9. The van der Waals surface area contributed by atoms with E-state index < -0.39 is 0 Å². The average Bonchev–Trinajstić information content (AvgIpc) is 3.27. The fourth-order valence-corrected chi connectivity index (χ4v) is 3.72. The molecule has 2 N–H and O–H groups in total. The lowest BCUT2D eigenvalue weighted by Gasteiger charge is -2.30. The van der Waals surface area contributed by atoms with Gasteiger partial charge in [0, 0.05) is 37.1 Å². The van der Waals surface area contributed by atoms with Gasteiger partial charge in [0.2, 0.25) is 0 Å². The molecule has 8 heteroatoms. The van der Waals surface area contributed by atoms with Crippen LogP contribution in [-0.4, -0.2) is 50.8 Å². The maximum absolute atomic E-state index is 4.72. The first-order chi connectivity index (χ1) is 13.4. The maximum atomic E-state index is 4.72. The minimum absolute atomic E-state index is 0.501. The minimum Gasteiger partial charge on any atom is -0.356 e. The van der Waals surface area contributed by atoms with Gasteiger partial charge in [-0.15, -0.1) is 21.5 Å². The van der Waals surface area contributed by atoms with Crippen molar-refractivity contribution in [2.75, 3.05) is 13.1 Å². The van der Waals surface area contributed by atoms with E-state index >= 15 is 0 Å². The fourth-order valence-electron chi connectivity index (χ4n) is 3.08. The Morgan fingerprint density at radius 2 is 1.96 bits per heavy atom. The van der Waals surface area contributed by atoms with E-state index in [9.17, 15) is 0 Å². The SMILES string of the molecule is Cc1nnc(CN=C(NCCCN(C(C)C)C(C)C)NCc2cccs2)n1C. The zero-order chi connectivity index (χ0) is 20.5. The minimum atomic E-state index is 0.501. The molecule has 0 fully saturated rings. The molecule has 2 aromatic heterocycles. The highest BCUT2D eigenvalue weighted by Crippen LogP contribution is 2.08. The van der Waals surface area contributed by atoms with E-state index in [2.05, 4.69) is 70.9 Å². The van der Waals surface area contributed by atoms with Crippen LogP contribution in [0.1, 0.15) is 50.6 Å². The summed E-state index contributed by atoms with van der Waals surface area (Å²) in [6.07, 6.45) is 1.07. The normalized spacial score (nSPS) is 12.4. The largest absolute Gasteiger partial charge is 0.356 e. The number of aromatic nitrogens is 3. The molecule has 28 heavy (non-hydrogen) atoms. The van der Waals surface area contributed by atoms with Gasteiger partial charge in [0.05, 0.1) is 6.54 Å². The molecule has 2 heterocycles. The first-order valence-electron chi connectivity index (χ1n) is 10.0. The van der Waals surface area contributed by atoms with Crippen LogP contribution in [0.25, 0.3) is 0 Å². The maximum Gasteiger partial charge on any atom is 0.192 e. The fraction of sp³-hybridized carbons (Fsp3) is 0.650. The van der Waals surface area contributed by atoms with Crippen molar-refractivity contribution in [2.45, 2.75) is 66.2 Å². The van der Waals surface area contributed by atoms with Crippen LogP contribution in [0.5, 0.6) is 0 Å².